The zero-order valence-corrected chi connectivity index (χ0v) is 5.76. The first-order valence-electron chi connectivity index (χ1n) is 2.48. The van der Waals surface area contributed by atoms with E-state index < -0.39 is 6.09 Å². The Morgan fingerprint density at radius 3 is 2.44 bits per heavy atom. The van der Waals surface area contributed by atoms with Crippen molar-refractivity contribution in [2.45, 2.75) is 6.92 Å². The number of carbonyl (C=O) groups excluding carboxylic acids is 1. The molecule has 0 saturated heterocycles. The predicted octanol–water partition coefficient (Wildman–Crippen LogP) is 0.665. The van der Waals surface area contributed by atoms with Gasteiger partial charge in [0.15, 0.2) is 0 Å². The van der Waals surface area contributed by atoms with Crippen LogP contribution in [-0.2, 0) is 4.74 Å². The smallest absolute Gasteiger partial charge is 0.356 e. The van der Waals surface area contributed by atoms with Gasteiger partial charge in [-0.15, -0.1) is 0 Å². The van der Waals surface area contributed by atoms with E-state index in [-0.39, 0.29) is 0 Å². The lowest BCUT2D eigenvalue weighted by Gasteiger charge is -2.04. The van der Waals surface area contributed by atoms with E-state index in [4.69, 9.17) is 0 Å². The third-order valence-corrected chi connectivity index (χ3v) is 0.606. The van der Waals surface area contributed by atoms with Crippen LogP contribution in [0.1, 0.15) is 6.92 Å². The van der Waals surface area contributed by atoms with Crippen LogP contribution in [-0.4, -0.2) is 25.1 Å². The Labute approximate surface area is 54.6 Å². The first-order chi connectivity index (χ1) is 4.18. The molecule has 0 radical (unpaired) electrons. The number of ether oxygens (including phenoxy) is 1. The Morgan fingerprint density at radius 1 is 1.56 bits per heavy atom. The number of hydrogen-bond donors (Lipinski definition) is 0. The van der Waals surface area contributed by atoms with Crippen LogP contribution < -0.4 is 0 Å². The van der Waals surface area contributed by atoms with E-state index in [1.807, 2.05) is 0 Å². The van der Waals surface area contributed by atoms with Crippen molar-refractivity contribution in [3.05, 3.63) is 0 Å². The Bertz CT molecular complexity index is 152. The Hall–Kier alpha value is -1.17. The molecule has 0 atom stereocenters. The normalized spacial score (nSPS) is 7.00. The molecule has 0 aliphatic heterocycles. The molecule has 0 saturated carbocycles. The average Bonchev–Trinajstić information content (AvgIpc) is 1.82. The molecule has 1 amide bonds. The number of carbonyl (C=O) groups is 1. The summed E-state index contributed by atoms with van der Waals surface area (Å²) < 4.78 is 4.38. The summed E-state index contributed by atoms with van der Waals surface area (Å²) >= 11 is 0. The van der Waals surface area contributed by atoms with Crippen molar-refractivity contribution in [1.29, 1.82) is 0 Å². The fraction of sp³-hybridized carbons (Fsp3) is 0.500. The fourth-order valence-corrected chi connectivity index (χ4v) is 0.186. The molecule has 0 bridgehead atoms. The van der Waals surface area contributed by atoms with E-state index in [2.05, 4.69) is 16.8 Å². The van der Waals surface area contributed by atoms with Crippen molar-refractivity contribution in [3.63, 3.8) is 0 Å². The van der Waals surface area contributed by atoms with Gasteiger partial charge >= 0.3 is 6.09 Å². The van der Waals surface area contributed by atoms with Crippen molar-refractivity contribution in [2.24, 2.45) is 0 Å². The lowest BCUT2D eigenvalue weighted by Crippen LogP contribution is -2.20. The minimum absolute atomic E-state index is 0.440. The van der Waals surface area contributed by atoms with Crippen LogP contribution in [0, 0.1) is 12.0 Å². The summed E-state index contributed by atoms with van der Waals surface area (Å²) in [6.45, 7) is 1.60. The molecule has 0 aliphatic carbocycles. The maximum Gasteiger partial charge on any atom is 0.423 e. The summed E-state index contributed by atoms with van der Waals surface area (Å²) in [4.78, 5) is 11.8. The highest BCUT2D eigenvalue weighted by Crippen LogP contribution is 1.81. The lowest BCUT2D eigenvalue weighted by molar-refractivity contribution is 0.162. The van der Waals surface area contributed by atoms with Crippen molar-refractivity contribution in [2.75, 3.05) is 14.1 Å². The van der Waals surface area contributed by atoms with Crippen molar-refractivity contribution >= 4 is 6.09 Å². The summed E-state index contributed by atoms with van der Waals surface area (Å²) in [6.07, 6.45) is 1.75. The standard InChI is InChI=1S/C6H9NO2/c1-4-5-9-6(8)7(2)3/h1-3H3. The van der Waals surface area contributed by atoms with Gasteiger partial charge in [0, 0.05) is 21.0 Å². The van der Waals surface area contributed by atoms with E-state index in [1.54, 1.807) is 21.0 Å². The van der Waals surface area contributed by atoms with Gasteiger partial charge in [0.1, 0.15) is 6.11 Å². The minimum atomic E-state index is -0.440. The zero-order chi connectivity index (χ0) is 7.28. The third kappa shape index (κ3) is 3.42. The molecule has 50 valence electrons. The second-order valence-electron chi connectivity index (χ2n) is 1.61. The van der Waals surface area contributed by atoms with Crippen molar-refractivity contribution in [1.82, 2.24) is 4.90 Å². The third-order valence-electron chi connectivity index (χ3n) is 0.606. The van der Waals surface area contributed by atoms with Gasteiger partial charge in [-0.1, -0.05) is 5.92 Å². The van der Waals surface area contributed by atoms with Gasteiger partial charge in [-0.05, 0) is 0 Å². The largest absolute Gasteiger partial charge is 0.423 e. The molecular formula is C6H9NO2. The summed E-state index contributed by atoms with van der Waals surface area (Å²) in [7, 11) is 3.19. The summed E-state index contributed by atoms with van der Waals surface area (Å²) in [5, 5.41) is 0. The molecule has 0 aromatic rings. The van der Waals surface area contributed by atoms with E-state index in [0.717, 1.165) is 0 Å². The van der Waals surface area contributed by atoms with Gasteiger partial charge in [0.25, 0.3) is 0 Å². The van der Waals surface area contributed by atoms with Crippen molar-refractivity contribution < 1.29 is 9.53 Å². The molecule has 9 heavy (non-hydrogen) atoms. The van der Waals surface area contributed by atoms with E-state index in [0.29, 0.717) is 0 Å². The first-order valence-corrected chi connectivity index (χ1v) is 2.48. The second kappa shape index (κ2) is 3.79. The number of rotatable bonds is 0. The number of nitrogens with zero attached hydrogens (tertiary/aromatic N) is 1. The van der Waals surface area contributed by atoms with Crippen LogP contribution in [0.2, 0.25) is 0 Å². The van der Waals surface area contributed by atoms with E-state index in [9.17, 15) is 4.79 Å². The van der Waals surface area contributed by atoms with Crippen LogP contribution >= 0.6 is 0 Å². The summed E-state index contributed by atoms with van der Waals surface area (Å²) in [5.74, 6) is 2.43. The highest BCUT2D eigenvalue weighted by Gasteiger charge is 2.00. The average molecular weight is 127 g/mol. The van der Waals surface area contributed by atoms with Crippen molar-refractivity contribution in [3.8, 4) is 12.0 Å². The number of amides is 1. The Kier molecular flexibility index (Phi) is 3.29. The zero-order valence-electron chi connectivity index (χ0n) is 5.76. The van der Waals surface area contributed by atoms with Crippen LogP contribution in [0.4, 0.5) is 4.79 Å². The van der Waals surface area contributed by atoms with Crippen LogP contribution in [0.3, 0.4) is 0 Å². The minimum Gasteiger partial charge on any atom is -0.356 e. The Balaban J connectivity index is 3.60. The van der Waals surface area contributed by atoms with Gasteiger partial charge in [-0.25, -0.2) is 4.79 Å². The fourth-order valence-electron chi connectivity index (χ4n) is 0.186. The molecule has 0 unspecified atom stereocenters. The molecule has 0 rings (SSSR count). The Morgan fingerprint density at radius 2 is 2.11 bits per heavy atom. The number of hydrogen-bond acceptors (Lipinski definition) is 2. The molecular weight excluding hydrogens is 118 g/mol. The van der Waals surface area contributed by atoms with Gasteiger partial charge in [-0.3, -0.25) is 0 Å². The lowest BCUT2D eigenvalue weighted by atomic mass is 10.8. The summed E-state index contributed by atoms with van der Waals surface area (Å²) in [5.41, 5.74) is 0. The highest BCUT2D eigenvalue weighted by molar-refractivity contribution is 5.67. The molecule has 0 N–H and O–H groups in total. The molecule has 0 heterocycles. The van der Waals surface area contributed by atoms with Crippen LogP contribution in [0.15, 0.2) is 0 Å². The predicted molar refractivity (Wildman–Crippen MR) is 33.6 cm³/mol. The molecule has 3 nitrogen and oxygen atoms in total. The SMILES string of the molecule is CC#COC(=O)N(C)C. The van der Waals surface area contributed by atoms with Crippen LogP contribution in [0.5, 0.6) is 0 Å². The molecule has 3 heteroatoms. The maximum atomic E-state index is 10.5. The monoisotopic (exact) mass is 127 g/mol. The second-order valence-corrected chi connectivity index (χ2v) is 1.61. The molecule has 0 aliphatic rings. The first kappa shape index (κ1) is 7.83. The molecule has 0 aromatic carbocycles. The highest BCUT2D eigenvalue weighted by atomic mass is 16.5. The molecule has 0 fully saturated rings. The van der Waals surface area contributed by atoms with Gasteiger partial charge in [0.05, 0.1) is 0 Å². The quantitative estimate of drug-likeness (QED) is 0.447. The topological polar surface area (TPSA) is 29.5 Å². The van der Waals surface area contributed by atoms with E-state index >= 15 is 0 Å². The molecule has 0 aromatic heterocycles. The molecule has 0 spiro atoms. The van der Waals surface area contributed by atoms with Gasteiger partial charge < -0.3 is 9.64 Å². The maximum absolute atomic E-state index is 10.5. The van der Waals surface area contributed by atoms with Gasteiger partial charge in [-0.2, -0.15) is 0 Å². The van der Waals surface area contributed by atoms with Gasteiger partial charge in [0.2, 0.25) is 0 Å². The summed E-state index contributed by atoms with van der Waals surface area (Å²) in [6, 6.07) is 0. The van der Waals surface area contributed by atoms with E-state index in [1.165, 1.54) is 4.90 Å². The van der Waals surface area contributed by atoms with Crippen LogP contribution in [0.25, 0.3) is 0 Å².